The van der Waals surface area contributed by atoms with Gasteiger partial charge in [-0.1, -0.05) is 32.0 Å². The van der Waals surface area contributed by atoms with Crippen molar-refractivity contribution < 1.29 is 39.6 Å². The number of phenolic OH excluding ortho intramolecular Hbond substituents is 1. The van der Waals surface area contributed by atoms with Crippen molar-refractivity contribution in [2.45, 2.75) is 45.3 Å². The molecule has 0 spiro atoms. The van der Waals surface area contributed by atoms with Crippen molar-refractivity contribution in [1.29, 1.82) is 0 Å². The average Bonchev–Trinajstić information content (AvgIpc) is 3.01. The van der Waals surface area contributed by atoms with E-state index in [1.165, 1.54) is 11.0 Å². The summed E-state index contributed by atoms with van der Waals surface area (Å²) < 4.78 is 0. The van der Waals surface area contributed by atoms with Crippen molar-refractivity contribution in [1.82, 2.24) is 15.1 Å². The Morgan fingerprint density at radius 1 is 1.04 bits per heavy atom. The second-order valence-corrected chi connectivity index (χ2v) is 12.5. The second-order valence-electron chi connectivity index (χ2n) is 12.5. The number of benzene rings is 2. The van der Waals surface area contributed by atoms with Gasteiger partial charge in [-0.3, -0.25) is 24.1 Å². The topological polar surface area (TPSA) is 168 Å². The van der Waals surface area contributed by atoms with Gasteiger partial charge in [0.2, 0.25) is 5.78 Å². The molecular formula is C35H41N3O8. The molecule has 1 fully saturated rings. The van der Waals surface area contributed by atoms with Crippen LogP contribution in [0.3, 0.4) is 0 Å². The molecule has 0 saturated heterocycles. The molecule has 1 amide bonds. The number of rotatable bonds is 9. The SMILES string of the molecule is CCN(CC)CCNC(=O)c1cccc(-c2ccc(O)c3c2C[C@H]2C[C@H]4[C@H](N(C)C)C(=O)C(C(C)=O)=C(O)[C@@]4(O)C(=O)C2=C3O)c1. The molecule has 11 nitrogen and oxygen atoms in total. The minimum Gasteiger partial charge on any atom is -0.508 e. The Balaban J connectivity index is 1.57. The molecule has 3 aliphatic carbocycles. The van der Waals surface area contributed by atoms with E-state index in [2.05, 4.69) is 24.1 Å². The van der Waals surface area contributed by atoms with Gasteiger partial charge < -0.3 is 30.6 Å². The summed E-state index contributed by atoms with van der Waals surface area (Å²) in [6.07, 6.45) is 0.185. The van der Waals surface area contributed by atoms with Gasteiger partial charge in [-0.2, -0.15) is 0 Å². The molecule has 11 heteroatoms. The maximum atomic E-state index is 14.1. The number of aliphatic hydroxyl groups is 3. The van der Waals surface area contributed by atoms with Crippen LogP contribution in [0.25, 0.3) is 16.9 Å². The zero-order valence-electron chi connectivity index (χ0n) is 26.8. The summed E-state index contributed by atoms with van der Waals surface area (Å²) in [5.41, 5.74) is -1.16. The number of aliphatic hydroxyl groups excluding tert-OH is 2. The van der Waals surface area contributed by atoms with Gasteiger partial charge in [0.1, 0.15) is 22.8 Å². The van der Waals surface area contributed by atoms with Crippen molar-refractivity contribution >= 4 is 29.0 Å². The van der Waals surface area contributed by atoms with Crippen LogP contribution < -0.4 is 5.32 Å². The predicted molar refractivity (Wildman–Crippen MR) is 171 cm³/mol. The van der Waals surface area contributed by atoms with E-state index < -0.39 is 57.9 Å². The molecule has 5 rings (SSSR count). The smallest absolute Gasteiger partial charge is 0.251 e. The van der Waals surface area contributed by atoms with Crippen LogP contribution in [0, 0.1) is 11.8 Å². The molecule has 0 aromatic heterocycles. The molecule has 244 valence electrons. The lowest BCUT2D eigenvalue weighted by atomic mass is 9.57. The Morgan fingerprint density at radius 2 is 1.74 bits per heavy atom. The number of phenols is 1. The fourth-order valence-corrected chi connectivity index (χ4v) is 7.41. The fourth-order valence-electron chi connectivity index (χ4n) is 7.41. The first-order valence-corrected chi connectivity index (χ1v) is 15.6. The molecule has 0 heterocycles. The number of nitrogens with zero attached hydrogens (tertiary/aromatic N) is 2. The first kappa shape index (κ1) is 33.1. The highest BCUT2D eigenvalue weighted by atomic mass is 16.3. The first-order valence-electron chi connectivity index (χ1n) is 15.6. The lowest BCUT2D eigenvalue weighted by Gasteiger charge is -2.50. The quantitative estimate of drug-likeness (QED) is 0.260. The summed E-state index contributed by atoms with van der Waals surface area (Å²) in [6, 6.07) is 8.98. The van der Waals surface area contributed by atoms with Crippen LogP contribution in [0.15, 0.2) is 53.3 Å². The molecule has 0 aliphatic heterocycles. The average molecular weight is 632 g/mol. The number of amides is 1. The maximum Gasteiger partial charge on any atom is 0.251 e. The minimum atomic E-state index is -2.62. The van der Waals surface area contributed by atoms with E-state index in [-0.39, 0.29) is 35.6 Å². The van der Waals surface area contributed by atoms with Gasteiger partial charge in [-0.25, -0.2) is 0 Å². The number of likely N-dealkylation sites (N-methyl/N-ethyl adjacent to an activating group) is 2. The van der Waals surface area contributed by atoms with E-state index in [9.17, 15) is 39.6 Å². The minimum absolute atomic E-state index is 0.0135. The van der Waals surface area contributed by atoms with Gasteiger partial charge in [0.25, 0.3) is 5.91 Å². The number of carbonyl (C=O) groups excluding carboxylic acids is 4. The number of ketones is 3. The zero-order valence-corrected chi connectivity index (χ0v) is 26.8. The van der Waals surface area contributed by atoms with Crippen molar-refractivity contribution in [2.75, 3.05) is 40.3 Å². The normalized spacial score (nSPS) is 24.2. The summed E-state index contributed by atoms with van der Waals surface area (Å²) >= 11 is 0. The summed E-state index contributed by atoms with van der Waals surface area (Å²) in [7, 11) is 3.19. The van der Waals surface area contributed by atoms with Crippen molar-refractivity contribution in [3.05, 3.63) is 70.0 Å². The maximum absolute atomic E-state index is 14.1. The molecule has 2 aromatic rings. The van der Waals surface area contributed by atoms with E-state index in [0.29, 0.717) is 28.8 Å². The molecule has 4 atom stereocenters. The summed E-state index contributed by atoms with van der Waals surface area (Å²) in [6.45, 7) is 8.17. The number of fused-ring (bicyclic) bond motifs is 3. The van der Waals surface area contributed by atoms with Gasteiger partial charge in [-0.15, -0.1) is 0 Å². The van der Waals surface area contributed by atoms with Gasteiger partial charge in [-0.05, 0) is 87.8 Å². The third kappa shape index (κ3) is 5.22. The summed E-state index contributed by atoms with van der Waals surface area (Å²) in [4.78, 5) is 56.7. The van der Waals surface area contributed by atoms with Gasteiger partial charge in [0.15, 0.2) is 17.2 Å². The second kappa shape index (κ2) is 12.5. The van der Waals surface area contributed by atoms with Crippen LogP contribution in [-0.4, -0.2) is 105 Å². The van der Waals surface area contributed by atoms with Crippen molar-refractivity contribution in [3.8, 4) is 16.9 Å². The number of hydrogen-bond donors (Lipinski definition) is 5. The zero-order chi connectivity index (χ0) is 33.7. The third-order valence-corrected chi connectivity index (χ3v) is 9.75. The molecule has 2 aromatic carbocycles. The monoisotopic (exact) mass is 631 g/mol. The van der Waals surface area contributed by atoms with Gasteiger partial charge in [0, 0.05) is 30.1 Å². The van der Waals surface area contributed by atoms with Crippen molar-refractivity contribution in [2.24, 2.45) is 11.8 Å². The molecule has 0 unspecified atom stereocenters. The van der Waals surface area contributed by atoms with Gasteiger partial charge >= 0.3 is 0 Å². The van der Waals surface area contributed by atoms with Crippen LogP contribution in [0.5, 0.6) is 5.75 Å². The Labute approximate surface area is 267 Å². The van der Waals surface area contributed by atoms with Crippen LogP contribution in [0.2, 0.25) is 0 Å². The number of hydrogen-bond acceptors (Lipinski definition) is 10. The number of nitrogens with one attached hydrogen (secondary N) is 1. The molecule has 0 bridgehead atoms. The van der Waals surface area contributed by atoms with Crippen LogP contribution in [0.1, 0.15) is 48.7 Å². The number of aromatic hydroxyl groups is 1. The van der Waals surface area contributed by atoms with E-state index >= 15 is 0 Å². The standard InChI is InChI=1S/C35H41N3O8/c1-6-38(7-2)14-13-36-34(45)20-10-8-9-19(15-20)22-11-12-25(40)28-23(22)16-21-17-24-29(37(4)5)31(42)26(18(3)39)32(43)35(24,46)33(44)27(21)30(28)41/h8-12,15,21,24,29,40-41,43,46H,6-7,13-14,16-17H2,1-5H3,(H,36,45)/t21-,24-,29-,35+/m0/s1. The molecule has 0 radical (unpaired) electrons. The third-order valence-electron chi connectivity index (χ3n) is 9.75. The van der Waals surface area contributed by atoms with E-state index in [1.807, 2.05) is 6.07 Å². The highest BCUT2D eigenvalue weighted by Gasteiger charge is 2.64. The molecule has 5 N–H and O–H groups in total. The van der Waals surface area contributed by atoms with Crippen LogP contribution in [0.4, 0.5) is 0 Å². The highest BCUT2D eigenvalue weighted by molar-refractivity contribution is 6.25. The van der Waals surface area contributed by atoms with E-state index in [0.717, 1.165) is 26.6 Å². The van der Waals surface area contributed by atoms with E-state index in [1.54, 1.807) is 38.4 Å². The summed E-state index contributed by atoms with van der Waals surface area (Å²) in [5.74, 6) is -6.35. The Morgan fingerprint density at radius 3 is 2.37 bits per heavy atom. The molecule has 1 saturated carbocycles. The highest BCUT2D eigenvalue weighted by Crippen LogP contribution is 2.53. The Kier molecular flexibility index (Phi) is 8.96. The predicted octanol–water partition coefficient (Wildman–Crippen LogP) is 2.81. The molecule has 46 heavy (non-hydrogen) atoms. The number of Topliss-reactive ketones (excluding diaryl/α,β-unsaturated/α-hetero) is 3. The van der Waals surface area contributed by atoms with Crippen molar-refractivity contribution in [3.63, 3.8) is 0 Å². The Hall–Kier alpha value is -4.32. The fraction of sp³-hybridized carbons (Fsp3) is 0.429. The molecule has 3 aliphatic rings. The first-order chi connectivity index (χ1) is 21.8. The van der Waals surface area contributed by atoms with Gasteiger partial charge in [0.05, 0.1) is 11.6 Å². The lowest BCUT2D eigenvalue weighted by molar-refractivity contribution is -0.153. The van der Waals surface area contributed by atoms with Crippen LogP contribution in [-0.2, 0) is 20.8 Å². The lowest BCUT2D eigenvalue weighted by Crippen LogP contribution is -2.65. The summed E-state index contributed by atoms with van der Waals surface area (Å²) in [5, 5.41) is 48.4. The van der Waals surface area contributed by atoms with E-state index in [4.69, 9.17) is 0 Å². The number of carbonyl (C=O) groups is 4. The largest absolute Gasteiger partial charge is 0.508 e. The Bertz CT molecular complexity index is 1690. The van der Waals surface area contributed by atoms with Crippen LogP contribution >= 0.6 is 0 Å². The molecular weight excluding hydrogens is 590 g/mol.